The van der Waals surface area contributed by atoms with Gasteiger partial charge in [0.1, 0.15) is 0 Å². The second-order valence-electron chi connectivity index (χ2n) is 6.36. The maximum absolute atomic E-state index is 12.2. The Kier molecular flexibility index (Phi) is 3.01. The molecular weight excluding hydrogens is 200 g/mol. The van der Waals surface area contributed by atoms with Crippen molar-refractivity contribution in [3.05, 3.63) is 27.7 Å². The highest BCUT2D eigenvalue weighted by molar-refractivity contribution is 5.33. The van der Waals surface area contributed by atoms with Crippen LogP contribution in [0.4, 0.5) is 0 Å². The molecular formula is C13H22N2O. The lowest BCUT2D eigenvalue weighted by molar-refractivity contribution is 0.503. The van der Waals surface area contributed by atoms with Gasteiger partial charge in [-0.25, -0.2) is 4.68 Å². The van der Waals surface area contributed by atoms with E-state index in [0.29, 0.717) is 0 Å². The fraction of sp³-hybridized carbons (Fsp3) is 0.692. The van der Waals surface area contributed by atoms with E-state index >= 15 is 0 Å². The molecule has 0 unspecified atom stereocenters. The highest BCUT2D eigenvalue weighted by Gasteiger charge is 2.28. The van der Waals surface area contributed by atoms with E-state index < -0.39 is 0 Å². The SMILES string of the molecule is Cn1ncc(C(C)(C)C)c(C(C)(C)C)c1=O. The molecule has 0 bridgehead atoms. The normalized spacial score (nSPS) is 12.9. The summed E-state index contributed by atoms with van der Waals surface area (Å²) in [4.78, 5) is 12.2. The Morgan fingerprint density at radius 1 is 1.06 bits per heavy atom. The third-order valence-electron chi connectivity index (χ3n) is 2.70. The maximum atomic E-state index is 12.2. The number of hydrogen-bond donors (Lipinski definition) is 0. The average Bonchev–Trinajstić information content (AvgIpc) is 2.05. The first-order valence-corrected chi connectivity index (χ1v) is 5.62. The van der Waals surface area contributed by atoms with Crippen LogP contribution in [0, 0.1) is 0 Å². The van der Waals surface area contributed by atoms with Crippen LogP contribution >= 0.6 is 0 Å². The molecule has 90 valence electrons. The van der Waals surface area contributed by atoms with E-state index in [2.05, 4.69) is 46.6 Å². The molecule has 16 heavy (non-hydrogen) atoms. The van der Waals surface area contributed by atoms with Gasteiger partial charge in [0.05, 0.1) is 6.20 Å². The molecule has 0 N–H and O–H groups in total. The van der Waals surface area contributed by atoms with E-state index in [4.69, 9.17) is 0 Å². The molecule has 0 amide bonds. The number of nitrogens with zero attached hydrogens (tertiary/aromatic N) is 2. The zero-order chi connectivity index (χ0) is 12.7. The zero-order valence-corrected chi connectivity index (χ0v) is 11.4. The van der Waals surface area contributed by atoms with Gasteiger partial charge in [-0.3, -0.25) is 4.79 Å². The topological polar surface area (TPSA) is 34.9 Å². The summed E-state index contributed by atoms with van der Waals surface area (Å²) in [6.45, 7) is 12.5. The Morgan fingerprint density at radius 2 is 1.56 bits per heavy atom. The van der Waals surface area contributed by atoms with Crippen LogP contribution in [-0.4, -0.2) is 9.78 Å². The van der Waals surface area contributed by atoms with Gasteiger partial charge in [-0.1, -0.05) is 41.5 Å². The van der Waals surface area contributed by atoms with Gasteiger partial charge in [0.2, 0.25) is 0 Å². The molecule has 0 aliphatic heterocycles. The first kappa shape index (κ1) is 12.9. The van der Waals surface area contributed by atoms with Gasteiger partial charge in [-0.05, 0) is 16.4 Å². The molecule has 0 radical (unpaired) electrons. The second kappa shape index (κ2) is 3.72. The maximum Gasteiger partial charge on any atom is 0.270 e. The number of hydrogen-bond acceptors (Lipinski definition) is 2. The third-order valence-corrected chi connectivity index (χ3v) is 2.70. The molecule has 0 saturated heterocycles. The predicted molar refractivity (Wildman–Crippen MR) is 66.9 cm³/mol. The third kappa shape index (κ3) is 2.34. The molecule has 0 aliphatic rings. The molecule has 0 aliphatic carbocycles. The molecule has 0 spiro atoms. The van der Waals surface area contributed by atoms with Crippen molar-refractivity contribution in [2.24, 2.45) is 7.05 Å². The van der Waals surface area contributed by atoms with E-state index in [1.54, 1.807) is 7.05 Å². The fourth-order valence-corrected chi connectivity index (χ4v) is 1.83. The first-order valence-electron chi connectivity index (χ1n) is 5.62. The molecule has 0 aromatic carbocycles. The lowest BCUT2D eigenvalue weighted by Crippen LogP contribution is -2.35. The van der Waals surface area contributed by atoms with Gasteiger partial charge in [-0.15, -0.1) is 0 Å². The summed E-state index contributed by atoms with van der Waals surface area (Å²) in [5.74, 6) is 0. The van der Waals surface area contributed by atoms with Crippen LogP contribution in [0.2, 0.25) is 0 Å². The largest absolute Gasteiger partial charge is 0.270 e. The zero-order valence-electron chi connectivity index (χ0n) is 11.4. The van der Waals surface area contributed by atoms with Gasteiger partial charge in [0, 0.05) is 12.6 Å². The molecule has 0 atom stereocenters. The summed E-state index contributed by atoms with van der Waals surface area (Å²) in [5, 5.41) is 4.12. The van der Waals surface area contributed by atoms with Crippen molar-refractivity contribution in [2.45, 2.75) is 52.4 Å². The average molecular weight is 222 g/mol. The van der Waals surface area contributed by atoms with Crippen molar-refractivity contribution in [3.8, 4) is 0 Å². The summed E-state index contributed by atoms with van der Waals surface area (Å²) in [6, 6.07) is 0. The van der Waals surface area contributed by atoms with Crippen LogP contribution < -0.4 is 5.56 Å². The van der Waals surface area contributed by atoms with E-state index in [1.165, 1.54) is 4.68 Å². The van der Waals surface area contributed by atoms with Crippen molar-refractivity contribution in [2.75, 3.05) is 0 Å². The summed E-state index contributed by atoms with van der Waals surface area (Å²) in [6.07, 6.45) is 1.82. The lowest BCUT2D eigenvalue weighted by atomic mass is 9.77. The number of aryl methyl sites for hydroxylation is 1. The van der Waals surface area contributed by atoms with Crippen LogP contribution in [-0.2, 0) is 17.9 Å². The van der Waals surface area contributed by atoms with Crippen molar-refractivity contribution in [1.29, 1.82) is 0 Å². The minimum absolute atomic E-state index is 0.0138. The highest BCUT2D eigenvalue weighted by atomic mass is 16.1. The minimum atomic E-state index is -0.152. The quantitative estimate of drug-likeness (QED) is 0.675. The van der Waals surface area contributed by atoms with Crippen molar-refractivity contribution >= 4 is 0 Å². The summed E-state index contributed by atoms with van der Waals surface area (Å²) in [5.41, 5.74) is 1.73. The van der Waals surface area contributed by atoms with Crippen molar-refractivity contribution in [3.63, 3.8) is 0 Å². The van der Waals surface area contributed by atoms with Gasteiger partial charge in [0.15, 0.2) is 0 Å². The van der Waals surface area contributed by atoms with Crippen LogP contribution in [0.5, 0.6) is 0 Å². The fourth-order valence-electron chi connectivity index (χ4n) is 1.83. The van der Waals surface area contributed by atoms with Crippen LogP contribution in [0.15, 0.2) is 11.0 Å². The van der Waals surface area contributed by atoms with E-state index in [-0.39, 0.29) is 16.4 Å². The molecule has 1 heterocycles. The molecule has 3 nitrogen and oxygen atoms in total. The van der Waals surface area contributed by atoms with E-state index in [9.17, 15) is 4.79 Å². The van der Waals surface area contributed by atoms with Gasteiger partial charge >= 0.3 is 0 Å². The molecule has 1 rings (SSSR count). The highest BCUT2D eigenvalue weighted by Crippen LogP contribution is 2.30. The lowest BCUT2D eigenvalue weighted by Gasteiger charge is -2.28. The molecule has 0 fully saturated rings. The van der Waals surface area contributed by atoms with Gasteiger partial charge < -0.3 is 0 Å². The molecule has 1 aromatic rings. The number of aromatic nitrogens is 2. The Bertz CT molecular complexity index is 444. The first-order chi connectivity index (χ1) is 7.05. The Balaban J connectivity index is 3.66. The van der Waals surface area contributed by atoms with Crippen molar-refractivity contribution < 1.29 is 0 Å². The van der Waals surface area contributed by atoms with Crippen molar-refractivity contribution in [1.82, 2.24) is 9.78 Å². The summed E-state index contributed by atoms with van der Waals surface area (Å²) >= 11 is 0. The second-order valence-corrected chi connectivity index (χ2v) is 6.36. The smallest absolute Gasteiger partial charge is 0.267 e. The minimum Gasteiger partial charge on any atom is -0.267 e. The molecule has 1 aromatic heterocycles. The molecule has 0 saturated carbocycles. The molecule has 3 heteroatoms. The van der Waals surface area contributed by atoms with Crippen LogP contribution in [0.1, 0.15) is 52.7 Å². The monoisotopic (exact) mass is 222 g/mol. The summed E-state index contributed by atoms with van der Waals surface area (Å²) < 4.78 is 1.41. The van der Waals surface area contributed by atoms with Crippen LogP contribution in [0.3, 0.4) is 0 Å². The van der Waals surface area contributed by atoms with Gasteiger partial charge in [-0.2, -0.15) is 5.10 Å². The van der Waals surface area contributed by atoms with Gasteiger partial charge in [0.25, 0.3) is 5.56 Å². The Hall–Kier alpha value is -1.12. The van der Waals surface area contributed by atoms with E-state index in [1.807, 2.05) is 6.20 Å². The van der Waals surface area contributed by atoms with Crippen LogP contribution in [0.25, 0.3) is 0 Å². The van der Waals surface area contributed by atoms with E-state index in [0.717, 1.165) is 11.1 Å². The predicted octanol–water partition coefficient (Wildman–Crippen LogP) is 2.38. The Morgan fingerprint density at radius 3 is 1.94 bits per heavy atom. The Labute approximate surface area is 97.5 Å². The summed E-state index contributed by atoms with van der Waals surface area (Å²) in [7, 11) is 1.70. The number of rotatable bonds is 0. The standard InChI is InChI=1S/C13H22N2O/c1-12(2,3)9-8-14-15(7)11(16)10(9)13(4,5)6/h8H,1-7H3.